The van der Waals surface area contributed by atoms with Gasteiger partial charge < -0.3 is 0 Å². The molecule has 2 heteroatoms. The molecule has 0 radical (unpaired) electrons. The third-order valence-corrected chi connectivity index (χ3v) is 4.16. The first-order valence-electron chi connectivity index (χ1n) is 9.65. The van der Waals surface area contributed by atoms with E-state index in [2.05, 4.69) is 72.4 Å². The van der Waals surface area contributed by atoms with Gasteiger partial charge in [-0.25, -0.2) is 0 Å². The van der Waals surface area contributed by atoms with Crippen molar-refractivity contribution in [2.45, 2.75) is 27.3 Å². The smallest absolute Gasteiger partial charge is 0.0668 e. The maximum atomic E-state index is 4.81. The Hall–Kier alpha value is -3.26. The maximum Gasteiger partial charge on any atom is 0.0668 e. The van der Waals surface area contributed by atoms with Crippen molar-refractivity contribution >= 4 is 12.4 Å². The lowest BCUT2D eigenvalue weighted by molar-refractivity contribution is 1.07. The van der Waals surface area contributed by atoms with Crippen LogP contribution in [0.4, 0.5) is 0 Å². The number of allylic oxidation sites excluding steroid dienone is 2. The number of nitrogens with zero attached hydrogens (tertiary/aromatic N) is 2. The fourth-order valence-corrected chi connectivity index (χ4v) is 2.69. The number of rotatable bonds is 6. The van der Waals surface area contributed by atoms with Gasteiger partial charge in [0.1, 0.15) is 0 Å². The van der Waals surface area contributed by atoms with E-state index in [0.29, 0.717) is 6.54 Å². The van der Waals surface area contributed by atoms with Gasteiger partial charge in [-0.05, 0) is 42.0 Å². The second-order valence-electron chi connectivity index (χ2n) is 6.07. The van der Waals surface area contributed by atoms with Gasteiger partial charge in [-0.2, -0.15) is 0 Å². The van der Waals surface area contributed by atoms with Crippen molar-refractivity contribution in [3.8, 4) is 11.1 Å². The zero-order valence-corrected chi connectivity index (χ0v) is 17.0. The lowest BCUT2D eigenvalue weighted by Gasteiger charge is -2.07. The number of aliphatic imine (C=N–C) groups is 2. The van der Waals surface area contributed by atoms with Gasteiger partial charge >= 0.3 is 0 Å². The van der Waals surface area contributed by atoms with Crippen molar-refractivity contribution in [2.24, 2.45) is 9.98 Å². The van der Waals surface area contributed by atoms with Crippen LogP contribution in [0.25, 0.3) is 11.1 Å². The summed E-state index contributed by atoms with van der Waals surface area (Å²) in [5, 5.41) is 0. The lowest BCUT2D eigenvalue weighted by Crippen LogP contribution is -1.99. The van der Waals surface area contributed by atoms with Crippen LogP contribution in [-0.4, -0.2) is 12.4 Å². The molecular weight excluding hydrogens is 340 g/mol. The minimum Gasteiger partial charge on any atom is -0.280 e. The minimum atomic E-state index is 0.636. The molecule has 0 saturated heterocycles. The van der Waals surface area contributed by atoms with Crippen molar-refractivity contribution in [3.63, 3.8) is 0 Å². The Morgan fingerprint density at radius 3 is 1.89 bits per heavy atom. The third-order valence-electron chi connectivity index (χ3n) is 4.16. The molecule has 28 heavy (non-hydrogen) atoms. The Kier molecular flexibility index (Phi) is 8.61. The second kappa shape index (κ2) is 11.5. The van der Waals surface area contributed by atoms with E-state index in [1.165, 1.54) is 16.7 Å². The van der Waals surface area contributed by atoms with Gasteiger partial charge in [-0.15, -0.1) is 0 Å². The van der Waals surface area contributed by atoms with Crippen LogP contribution in [-0.2, 0) is 6.54 Å². The van der Waals surface area contributed by atoms with Gasteiger partial charge in [0.15, 0.2) is 0 Å². The van der Waals surface area contributed by atoms with Gasteiger partial charge in [0, 0.05) is 5.70 Å². The third kappa shape index (κ3) is 6.17. The minimum absolute atomic E-state index is 0.636. The molecule has 0 unspecified atom stereocenters. The second-order valence-corrected chi connectivity index (χ2v) is 6.07. The summed E-state index contributed by atoms with van der Waals surface area (Å²) in [6.45, 7) is 10.2. The standard InChI is InChI=1S/C24H22N2.C2H6/c1-19(25-2)17-24(26-18-20-9-5-3-6-10-20)23-15-13-22(14-16-23)21-11-7-4-8-12-21;1-2/h3-17H,2,18H2,1H3;1-2H3/b19-17-,26-24?;. The van der Waals surface area contributed by atoms with Crippen LogP contribution in [0.5, 0.6) is 0 Å². The van der Waals surface area contributed by atoms with Crippen LogP contribution in [0, 0.1) is 0 Å². The molecule has 0 spiro atoms. The van der Waals surface area contributed by atoms with E-state index >= 15 is 0 Å². The van der Waals surface area contributed by atoms with Crippen LogP contribution >= 0.6 is 0 Å². The molecule has 3 aromatic carbocycles. The highest BCUT2D eigenvalue weighted by atomic mass is 14.7. The Morgan fingerprint density at radius 1 is 0.786 bits per heavy atom. The topological polar surface area (TPSA) is 24.7 Å². The highest BCUT2D eigenvalue weighted by molar-refractivity contribution is 6.09. The number of hydrogen-bond acceptors (Lipinski definition) is 2. The summed E-state index contributed by atoms with van der Waals surface area (Å²) in [5.41, 5.74) is 6.43. The predicted octanol–water partition coefficient (Wildman–Crippen LogP) is 6.97. The summed E-state index contributed by atoms with van der Waals surface area (Å²) < 4.78 is 0. The van der Waals surface area contributed by atoms with Gasteiger partial charge in [0.05, 0.1) is 12.3 Å². The quantitative estimate of drug-likeness (QED) is 0.420. The maximum absolute atomic E-state index is 4.81. The first-order valence-corrected chi connectivity index (χ1v) is 9.65. The van der Waals surface area contributed by atoms with Crippen molar-refractivity contribution in [2.75, 3.05) is 0 Å². The first kappa shape index (κ1) is 21.0. The zero-order chi connectivity index (χ0) is 20.2. The van der Waals surface area contributed by atoms with E-state index < -0.39 is 0 Å². The van der Waals surface area contributed by atoms with Crippen LogP contribution < -0.4 is 0 Å². The zero-order valence-electron chi connectivity index (χ0n) is 17.0. The molecule has 0 aliphatic rings. The van der Waals surface area contributed by atoms with E-state index in [1.807, 2.05) is 51.1 Å². The fraction of sp³-hybridized carbons (Fsp3) is 0.154. The average Bonchev–Trinajstić information content (AvgIpc) is 2.79. The van der Waals surface area contributed by atoms with Crippen molar-refractivity contribution in [3.05, 3.63) is 108 Å². The van der Waals surface area contributed by atoms with Crippen molar-refractivity contribution in [1.82, 2.24) is 0 Å². The molecule has 0 aromatic heterocycles. The summed E-state index contributed by atoms with van der Waals surface area (Å²) in [6, 6.07) is 29.1. The molecule has 0 amide bonds. The van der Waals surface area contributed by atoms with Gasteiger partial charge in [0.2, 0.25) is 0 Å². The summed E-state index contributed by atoms with van der Waals surface area (Å²) in [6.07, 6.45) is 1.98. The molecule has 2 nitrogen and oxygen atoms in total. The molecule has 0 fully saturated rings. The van der Waals surface area contributed by atoms with Crippen LogP contribution in [0.3, 0.4) is 0 Å². The molecular formula is C26H28N2. The summed E-state index contributed by atoms with van der Waals surface area (Å²) >= 11 is 0. The largest absolute Gasteiger partial charge is 0.280 e. The van der Waals surface area contributed by atoms with Crippen LogP contribution in [0.15, 0.2) is 107 Å². The lowest BCUT2D eigenvalue weighted by atomic mass is 10.0. The Morgan fingerprint density at radius 2 is 1.32 bits per heavy atom. The molecule has 0 aliphatic carbocycles. The number of hydrogen-bond donors (Lipinski definition) is 0. The molecule has 0 bridgehead atoms. The predicted molar refractivity (Wildman–Crippen MR) is 123 cm³/mol. The molecule has 142 valence electrons. The van der Waals surface area contributed by atoms with Gasteiger partial charge in [-0.3, -0.25) is 9.98 Å². The Bertz CT molecular complexity index is 906. The molecule has 0 aliphatic heterocycles. The van der Waals surface area contributed by atoms with Crippen LogP contribution in [0.1, 0.15) is 31.9 Å². The molecule has 0 heterocycles. The Balaban J connectivity index is 0.00000136. The van der Waals surface area contributed by atoms with Crippen molar-refractivity contribution in [1.29, 1.82) is 0 Å². The van der Waals surface area contributed by atoms with Gasteiger partial charge in [0.25, 0.3) is 0 Å². The van der Waals surface area contributed by atoms with E-state index in [0.717, 1.165) is 17.0 Å². The summed E-state index contributed by atoms with van der Waals surface area (Å²) in [7, 11) is 0. The fourth-order valence-electron chi connectivity index (χ4n) is 2.69. The summed E-state index contributed by atoms with van der Waals surface area (Å²) in [4.78, 5) is 8.81. The molecule has 0 N–H and O–H groups in total. The molecule has 0 atom stereocenters. The normalized spacial score (nSPS) is 11.4. The van der Waals surface area contributed by atoms with E-state index in [9.17, 15) is 0 Å². The highest BCUT2D eigenvalue weighted by Crippen LogP contribution is 2.20. The molecule has 3 rings (SSSR count). The molecule has 0 saturated carbocycles. The summed E-state index contributed by atoms with van der Waals surface area (Å²) in [5.74, 6) is 0. The monoisotopic (exact) mass is 368 g/mol. The molecule has 3 aromatic rings. The van der Waals surface area contributed by atoms with E-state index in [1.54, 1.807) is 0 Å². The van der Waals surface area contributed by atoms with E-state index in [-0.39, 0.29) is 0 Å². The van der Waals surface area contributed by atoms with Gasteiger partial charge in [-0.1, -0.05) is 98.8 Å². The van der Waals surface area contributed by atoms with E-state index in [4.69, 9.17) is 4.99 Å². The number of benzene rings is 3. The van der Waals surface area contributed by atoms with Crippen LogP contribution in [0.2, 0.25) is 0 Å². The SMILES string of the molecule is C=N/C(C)=C\C(=NCc1ccccc1)c1ccc(-c2ccccc2)cc1.CC. The highest BCUT2D eigenvalue weighted by Gasteiger charge is 2.03. The average molecular weight is 369 g/mol. The van der Waals surface area contributed by atoms with Crippen molar-refractivity contribution < 1.29 is 0 Å². The Labute approximate surface area is 169 Å². The first-order chi connectivity index (χ1) is 13.8.